The van der Waals surface area contributed by atoms with Gasteiger partial charge in [0.25, 0.3) is 0 Å². The molecular formula is C29H49N3O5. The minimum absolute atomic E-state index is 0.0231. The molecule has 0 radical (unpaired) electrons. The van der Waals surface area contributed by atoms with E-state index in [9.17, 15) is 19.5 Å². The van der Waals surface area contributed by atoms with Crippen LogP contribution in [-0.2, 0) is 14.3 Å². The van der Waals surface area contributed by atoms with Crippen LogP contribution in [0.2, 0.25) is 0 Å². The van der Waals surface area contributed by atoms with Gasteiger partial charge in [-0.1, -0.05) is 58.2 Å². The maximum Gasteiger partial charge on any atom is 0.408 e. The summed E-state index contributed by atoms with van der Waals surface area (Å²) in [5, 5.41) is 16.7. The Balaban J connectivity index is 3.64. The van der Waals surface area contributed by atoms with Crippen LogP contribution in [0.3, 0.4) is 0 Å². The molecule has 8 nitrogen and oxygen atoms in total. The lowest BCUT2D eigenvalue weighted by Crippen LogP contribution is -2.56. The zero-order valence-corrected chi connectivity index (χ0v) is 24.5. The number of carbonyl (C=O) groups excluding carboxylic acids is 3. The van der Waals surface area contributed by atoms with Crippen molar-refractivity contribution in [3.05, 3.63) is 29.3 Å². The van der Waals surface area contributed by atoms with E-state index in [1.165, 1.54) is 4.90 Å². The number of nitrogens with one attached hydrogen (secondary N) is 2. The third kappa shape index (κ3) is 10.3. The van der Waals surface area contributed by atoms with Crippen molar-refractivity contribution in [2.75, 3.05) is 6.54 Å². The van der Waals surface area contributed by atoms with Gasteiger partial charge in [0.15, 0.2) is 0 Å². The van der Waals surface area contributed by atoms with Crippen molar-refractivity contribution in [2.24, 2.45) is 5.92 Å². The van der Waals surface area contributed by atoms with E-state index in [-0.39, 0.29) is 17.6 Å². The molecular weight excluding hydrogens is 470 g/mol. The van der Waals surface area contributed by atoms with Crippen molar-refractivity contribution in [3.8, 4) is 5.75 Å². The fourth-order valence-electron chi connectivity index (χ4n) is 3.99. The number of phenolic OH excluding ortho intramolecular Hbond substituents is 1. The number of aryl methyl sites for hydroxylation is 1. The summed E-state index contributed by atoms with van der Waals surface area (Å²) in [5.74, 6) is -1.01. The Morgan fingerprint density at radius 2 is 1.68 bits per heavy atom. The Hall–Kier alpha value is -2.77. The summed E-state index contributed by atoms with van der Waals surface area (Å²) in [6.45, 7) is 18.8. The highest BCUT2D eigenvalue weighted by Crippen LogP contribution is 2.33. The van der Waals surface area contributed by atoms with E-state index in [0.717, 1.165) is 12.8 Å². The summed E-state index contributed by atoms with van der Waals surface area (Å²) < 4.78 is 5.44. The van der Waals surface area contributed by atoms with Crippen molar-refractivity contribution >= 4 is 17.9 Å². The Bertz CT molecular complexity index is 917. The minimum atomic E-state index is -1.07. The number of benzene rings is 1. The lowest BCUT2D eigenvalue weighted by Gasteiger charge is -2.37. The highest BCUT2D eigenvalue weighted by atomic mass is 16.6. The fraction of sp³-hybridized carbons (Fsp3) is 0.690. The van der Waals surface area contributed by atoms with Gasteiger partial charge in [-0.2, -0.15) is 0 Å². The van der Waals surface area contributed by atoms with E-state index < -0.39 is 35.2 Å². The first-order valence-corrected chi connectivity index (χ1v) is 13.4. The van der Waals surface area contributed by atoms with Gasteiger partial charge in [0, 0.05) is 17.6 Å². The monoisotopic (exact) mass is 519 g/mol. The number of carbonyl (C=O) groups is 3. The molecule has 0 aliphatic heterocycles. The summed E-state index contributed by atoms with van der Waals surface area (Å²) in [7, 11) is 0. The second-order valence-corrected chi connectivity index (χ2v) is 11.9. The minimum Gasteiger partial charge on any atom is -0.507 e. The molecule has 1 aromatic carbocycles. The molecule has 3 atom stereocenters. The molecule has 3 amide bonds. The van der Waals surface area contributed by atoms with Crippen LogP contribution >= 0.6 is 0 Å². The van der Waals surface area contributed by atoms with E-state index >= 15 is 0 Å². The SMILES string of the molecule is CCCCCN(C(=O)C(NC(=O)OC(C)(C)C)C(C)CC)C(C(=O)NC(C)(C)C)c1cccc(C)c1O. The van der Waals surface area contributed by atoms with Gasteiger partial charge in [-0.25, -0.2) is 4.79 Å². The van der Waals surface area contributed by atoms with Crippen molar-refractivity contribution < 1.29 is 24.2 Å². The van der Waals surface area contributed by atoms with Crippen molar-refractivity contribution in [1.82, 2.24) is 15.5 Å². The summed E-state index contributed by atoms with van der Waals surface area (Å²) in [4.78, 5) is 42.2. The Kier molecular flexibility index (Phi) is 11.9. The molecule has 0 aliphatic carbocycles. The Morgan fingerprint density at radius 1 is 1.05 bits per heavy atom. The molecule has 37 heavy (non-hydrogen) atoms. The standard InChI is InChI=1S/C29H49N3O5/c1-11-13-14-18-32(26(35)22(19(3)12-2)30-27(36)37-29(8,9)10)23(25(34)31-28(5,6)7)21-17-15-16-20(4)24(21)33/h15-17,19,22-23,33H,11-14,18H2,1-10H3,(H,30,36)(H,31,34). The van der Waals surface area contributed by atoms with Crippen LogP contribution in [0.15, 0.2) is 18.2 Å². The molecule has 0 bridgehead atoms. The van der Waals surface area contributed by atoms with Crippen molar-refractivity contribution in [3.63, 3.8) is 0 Å². The van der Waals surface area contributed by atoms with Crippen LogP contribution in [0.25, 0.3) is 0 Å². The number of unbranched alkanes of at least 4 members (excludes halogenated alkanes) is 2. The van der Waals surface area contributed by atoms with Crippen molar-refractivity contribution in [2.45, 2.75) is 118 Å². The number of aromatic hydroxyl groups is 1. The summed E-state index contributed by atoms with van der Waals surface area (Å²) in [5.41, 5.74) is -0.321. The van der Waals surface area contributed by atoms with E-state index in [1.807, 2.05) is 34.6 Å². The summed E-state index contributed by atoms with van der Waals surface area (Å²) >= 11 is 0. The molecule has 1 aromatic rings. The second kappa shape index (κ2) is 13.7. The summed E-state index contributed by atoms with van der Waals surface area (Å²) in [6.07, 6.45) is 2.41. The first-order valence-electron chi connectivity index (χ1n) is 13.4. The largest absolute Gasteiger partial charge is 0.507 e. The predicted molar refractivity (Wildman–Crippen MR) is 147 cm³/mol. The van der Waals surface area contributed by atoms with Gasteiger partial charge in [-0.15, -0.1) is 0 Å². The Morgan fingerprint density at radius 3 is 2.19 bits per heavy atom. The van der Waals surface area contributed by atoms with Gasteiger partial charge in [0.1, 0.15) is 23.4 Å². The van der Waals surface area contributed by atoms with E-state index in [4.69, 9.17) is 4.74 Å². The number of nitrogens with zero attached hydrogens (tertiary/aromatic N) is 1. The third-order valence-corrected chi connectivity index (χ3v) is 6.06. The molecule has 8 heteroatoms. The molecule has 0 aromatic heterocycles. The van der Waals surface area contributed by atoms with Gasteiger partial charge >= 0.3 is 6.09 Å². The highest BCUT2D eigenvalue weighted by Gasteiger charge is 2.39. The number of alkyl carbamates (subject to hydrolysis) is 1. The highest BCUT2D eigenvalue weighted by molar-refractivity contribution is 5.93. The number of rotatable bonds is 11. The number of ether oxygens (including phenoxy) is 1. The van der Waals surface area contributed by atoms with Gasteiger partial charge in [0.2, 0.25) is 11.8 Å². The number of hydrogen-bond donors (Lipinski definition) is 3. The molecule has 0 heterocycles. The third-order valence-electron chi connectivity index (χ3n) is 6.06. The first-order chi connectivity index (χ1) is 17.0. The van der Waals surface area contributed by atoms with Crippen LogP contribution in [-0.4, -0.2) is 51.6 Å². The van der Waals surface area contributed by atoms with Crippen molar-refractivity contribution in [1.29, 1.82) is 0 Å². The lowest BCUT2D eigenvalue weighted by atomic mass is 9.94. The van der Waals surface area contributed by atoms with Gasteiger partial charge in [0.05, 0.1) is 0 Å². The zero-order chi connectivity index (χ0) is 28.6. The molecule has 3 N–H and O–H groups in total. The maximum atomic E-state index is 14.2. The number of amides is 3. The molecule has 1 rings (SSSR count). The van der Waals surface area contributed by atoms with Gasteiger partial charge in [-0.05, 0) is 66.4 Å². The van der Waals surface area contributed by atoms with E-state index in [1.54, 1.807) is 45.9 Å². The fourth-order valence-corrected chi connectivity index (χ4v) is 3.99. The quantitative estimate of drug-likeness (QED) is 0.329. The zero-order valence-electron chi connectivity index (χ0n) is 24.5. The average molecular weight is 520 g/mol. The average Bonchev–Trinajstić information content (AvgIpc) is 2.76. The lowest BCUT2D eigenvalue weighted by molar-refractivity contribution is -0.144. The van der Waals surface area contributed by atoms with E-state index in [0.29, 0.717) is 30.5 Å². The molecule has 210 valence electrons. The van der Waals surface area contributed by atoms with E-state index in [2.05, 4.69) is 17.6 Å². The topological polar surface area (TPSA) is 108 Å². The van der Waals surface area contributed by atoms with Crippen LogP contribution in [0.4, 0.5) is 4.79 Å². The van der Waals surface area contributed by atoms with Crippen LogP contribution in [0.5, 0.6) is 5.75 Å². The maximum absolute atomic E-state index is 14.2. The van der Waals surface area contributed by atoms with Crippen LogP contribution < -0.4 is 10.6 Å². The number of para-hydroxylation sites is 1. The first kappa shape index (κ1) is 32.3. The van der Waals surface area contributed by atoms with Gasteiger partial charge in [-0.3, -0.25) is 9.59 Å². The summed E-state index contributed by atoms with van der Waals surface area (Å²) in [6, 6.07) is 3.22. The van der Waals surface area contributed by atoms with Crippen LogP contribution in [0, 0.1) is 12.8 Å². The molecule has 0 fully saturated rings. The van der Waals surface area contributed by atoms with Crippen LogP contribution in [0.1, 0.15) is 105 Å². The molecule has 0 spiro atoms. The molecule has 0 saturated carbocycles. The number of hydrogen-bond acceptors (Lipinski definition) is 5. The molecule has 3 unspecified atom stereocenters. The second-order valence-electron chi connectivity index (χ2n) is 11.9. The smallest absolute Gasteiger partial charge is 0.408 e. The van der Waals surface area contributed by atoms with Gasteiger partial charge < -0.3 is 25.4 Å². The predicted octanol–water partition coefficient (Wildman–Crippen LogP) is 5.61. The molecule has 0 saturated heterocycles. The number of phenols is 1. The normalized spacial score (nSPS) is 14.3. The Labute approximate surface area is 223 Å². The molecule has 0 aliphatic rings.